The highest BCUT2D eigenvalue weighted by Crippen LogP contribution is 2.26. The number of hydrogen-bond donors (Lipinski definition) is 3. The van der Waals surface area contributed by atoms with Gasteiger partial charge in [-0.05, 0) is 63.6 Å². The molecular formula is C16H21Br2N3O4. The van der Waals surface area contributed by atoms with Crippen LogP contribution in [-0.2, 0) is 14.3 Å². The number of esters is 1. The Morgan fingerprint density at radius 1 is 1.24 bits per heavy atom. The van der Waals surface area contributed by atoms with Crippen molar-refractivity contribution in [2.75, 3.05) is 13.7 Å². The van der Waals surface area contributed by atoms with E-state index in [4.69, 9.17) is 0 Å². The molecule has 0 atom stereocenters. The molecule has 1 heterocycles. The Morgan fingerprint density at radius 2 is 1.92 bits per heavy atom. The monoisotopic (exact) mass is 477 g/mol. The summed E-state index contributed by atoms with van der Waals surface area (Å²) in [7, 11) is 1.32. The van der Waals surface area contributed by atoms with Crippen molar-refractivity contribution in [3.05, 3.63) is 20.8 Å². The van der Waals surface area contributed by atoms with Crippen molar-refractivity contribution in [2.45, 2.75) is 38.1 Å². The number of nitrogens with one attached hydrogen (secondary N) is 3. The third-order valence-corrected chi connectivity index (χ3v) is 6.04. The van der Waals surface area contributed by atoms with Crippen LogP contribution in [0.15, 0.2) is 15.1 Å². The summed E-state index contributed by atoms with van der Waals surface area (Å²) in [5.74, 6) is -0.600. The molecule has 1 aliphatic rings. The van der Waals surface area contributed by atoms with Crippen LogP contribution in [0.1, 0.15) is 42.6 Å². The molecule has 0 bridgehead atoms. The number of rotatable bonds is 6. The number of methoxy groups -OCH3 is 1. The van der Waals surface area contributed by atoms with Gasteiger partial charge in [-0.3, -0.25) is 14.4 Å². The van der Waals surface area contributed by atoms with Crippen molar-refractivity contribution in [1.29, 1.82) is 0 Å². The lowest BCUT2D eigenvalue weighted by molar-refractivity contribution is -0.140. The summed E-state index contributed by atoms with van der Waals surface area (Å²) in [4.78, 5) is 38.3. The summed E-state index contributed by atoms with van der Waals surface area (Å²) >= 11 is 6.65. The van der Waals surface area contributed by atoms with Crippen LogP contribution in [0.25, 0.3) is 0 Å². The van der Waals surface area contributed by atoms with E-state index in [2.05, 4.69) is 52.2 Å². The van der Waals surface area contributed by atoms with Crippen molar-refractivity contribution in [3.8, 4) is 0 Å². The molecule has 7 nitrogen and oxygen atoms in total. The fourth-order valence-corrected chi connectivity index (χ4v) is 3.48. The van der Waals surface area contributed by atoms with E-state index in [1.165, 1.54) is 7.11 Å². The molecule has 1 aromatic rings. The quantitative estimate of drug-likeness (QED) is 0.547. The predicted molar refractivity (Wildman–Crippen MR) is 99.0 cm³/mol. The highest BCUT2D eigenvalue weighted by atomic mass is 79.9. The molecular weight excluding hydrogens is 458 g/mol. The van der Waals surface area contributed by atoms with Gasteiger partial charge in [0.1, 0.15) is 5.69 Å². The number of carbonyl (C=O) groups excluding carboxylic acids is 3. The van der Waals surface area contributed by atoms with E-state index in [0.29, 0.717) is 25.1 Å². The van der Waals surface area contributed by atoms with Gasteiger partial charge in [-0.25, -0.2) is 0 Å². The van der Waals surface area contributed by atoms with Gasteiger partial charge in [0.05, 0.1) is 22.6 Å². The van der Waals surface area contributed by atoms with Gasteiger partial charge in [0.15, 0.2) is 0 Å². The molecule has 0 spiro atoms. The van der Waals surface area contributed by atoms with Crippen molar-refractivity contribution >= 4 is 49.6 Å². The van der Waals surface area contributed by atoms with Crippen LogP contribution in [-0.4, -0.2) is 42.5 Å². The topological polar surface area (TPSA) is 100 Å². The number of aromatic amines is 1. The molecule has 1 aliphatic carbocycles. The maximum Gasteiger partial charge on any atom is 0.307 e. The van der Waals surface area contributed by atoms with Crippen LogP contribution in [0.3, 0.4) is 0 Å². The normalized spacial score (nSPS) is 20.0. The summed E-state index contributed by atoms with van der Waals surface area (Å²) in [5, 5.41) is 5.76. The van der Waals surface area contributed by atoms with E-state index in [0.717, 1.165) is 21.9 Å². The molecule has 1 fully saturated rings. The van der Waals surface area contributed by atoms with Crippen molar-refractivity contribution in [2.24, 2.45) is 5.92 Å². The first-order chi connectivity index (χ1) is 11.9. The minimum absolute atomic E-state index is 0.0362. The highest BCUT2D eigenvalue weighted by molar-refractivity contribution is 9.13. The first kappa shape index (κ1) is 20.0. The van der Waals surface area contributed by atoms with Crippen molar-refractivity contribution < 1.29 is 19.1 Å². The zero-order valence-corrected chi connectivity index (χ0v) is 17.0. The standard InChI is InChI=1S/C16H21Br2N3O4/c1-25-13(22)6-7-19-15(23)9-2-4-10(5-3-9)20-16(24)12-8-11(17)14(18)21-12/h8-10,21H,2-7H2,1H3,(H,19,23)(H,20,24). The Kier molecular flexibility index (Phi) is 7.49. The molecule has 25 heavy (non-hydrogen) atoms. The van der Waals surface area contributed by atoms with E-state index in [-0.39, 0.29) is 36.2 Å². The summed E-state index contributed by atoms with van der Waals surface area (Å²) in [6.07, 6.45) is 3.11. The Hall–Kier alpha value is -1.35. The second-order valence-electron chi connectivity index (χ2n) is 5.98. The van der Waals surface area contributed by atoms with E-state index in [1.54, 1.807) is 6.07 Å². The molecule has 0 unspecified atom stereocenters. The second kappa shape index (κ2) is 9.38. The summed E-state index contributed by atoms with van der Waals surface area (Å²) in [5.41, 5.74) is 0.487. The van der Waals surface area contributed by atoms with Crippen molar-refractivity contribution in [3.63, 3.8) is 0 Å². The Labute approximate surface area is 162 Å². The number of carbonyl (C=O) groups is 3. The molecule has 3 N–H and O–H groups in total. The highest BCUT2D eigenvalue weighted by Gasteiger charge is 2.27. The van der Waals surface area contributed by atoms with E-state index in [1.807, 2.05) is 0 Å². The lowest BCUT2D eigenvalue weighted by Crippen LogP contribution is -2.41. The van der Waals surface area contributed by atoms with E-state index < -0.39 is 0 Å². The lowest BCUT2D eigenvalue weighted by Gasteiger charge is -2.28. The zero-order chi connectivity index (χ0) is 18.4. The first-order valence-corrected chi connectivity index (χ1v) is 9.68. The number of hydrogen-bond acceptors (Lipinski definition) is 4. The van der Waals surface area contributed by atoms with Gasteiger partial charge < -0.3 is 20.4 Å². The molecule has 1 saturated carbocycles. The number of H-pyrrole nitrogens is 1. The van der Waals surface area contributed by atoms with Gasteiger partial charge in [0.25, 0.3) is 5.91 Å². The van der Waals surface area contributed by atoms with E-state index >= 15 is 0 Å². The zero-order valence-electron chi connectivity index (χ0n) is 13.9. The van der Waals surface area contributed by atoms with Gasteiger partial charge in [-0.15, -0.1) is 0 Å². The lowest BCUT2D eigenvalue weighted by atomic mass is 9.85. The molecule has 0 aliphatic heterocycles. The number of ether oxygens (including phenoxy) is 1. The Balaban J connectivity index is 1.73. The van der Waals surface area contributed by atoms with Crippen LogP contribution >= 0.6 is 31.9 Å². The van der Waals surface area contributed by atoms with Gasteiger partial charge in [0.2, 0.25) is 5.91 Å². The molecule has 138 valence electrons. The molecule has 1 aromatic heterocycles. The first-order valence-electron chi connectivity index (χ1n) is 8.10. The van der Waals surface area contributed by atoms with Crippen LogP contribution in [0.5, 0.6) is 0 Å². The minimum atomic E-state index is -0.339. The fraction of sp³-hybridized carbons (Fsp3) is 0.562. The average Bonchev–Trinajstić information content (AvgIpc) is 2.94. The van der Waals surface area contributed by atoms with Gasteiger partial charge in [-0.2, -0.15) is 0 Å². The number of amides is 2. The van der Waals surface area contributed by atoms with Crippen molar-refractivity contribution in [1.82, 2.24) is 15.6 Å². The smallest absolute Gasteiger partial charge is 0.307 e. The summed E-state index contributed by atoms with van der Waals surface area (Å²) in [6, 6.07) is 1.78. The molecule has 0 aromatic carbocycles. The van der Waals surface area contributed by atoms with Gasteiger partial charge >= 0.3 is 5.97 Å². The summed E-state index contributed by atoms with van der Waals surface area (Å²) in [6.45, 7) is 0.290. The third kappa shape index (κ3) is 5.85. The predicted octanol–water partition coefficient (Wildman–Crippen LogP) is 2.51. The SMILES string of the molecule is COC(=O)CCNC(=O)C1CCC(NC(=O)c2cc(Br)c(Br)[nH]2)CC1. The molecule has 9 heteroatoms. The average molecular weight is 479 g/mol. The van der Waals surface area contributed by atoms with Gasteiger partial charge in [-0.1, -0.05) is 0 Å². The minimum Gasteiger partial charge on any atom is -0.469 e. The molecule has 0 radical (unpaired) electrons. The molecule has 2 rings (SSSR count). The second-order valence-corrected chi connectivity index (χ2v) is 7.63. The van der Waals surface area contributed by atoms with Crippen LogP contribution in [0.4, 0.5) is 0 Å². The maximum absolute atomic E-state index is 12.2. The van der Waals surface area contributed by atoms with Crippen LogP contribution in [0, 0.1) is 5.92 Å². The van der Waals surface area contributed by atoms with Crippen LogP contribution in [0.2, 0.25) is 0 Å². The summed E-state index contributed by atoms with van der Waals surface area (Å²) < 4.78 is 6.06. The largest absolute Gasteiger partial charge is 0.469 e. The maximum atomic E-state index is 12.2. The Morgan fingerprint density at radius 3 is 2.48 bits per heavy atom. The molecule has 2 amide bonds. The number of aromatic nitrogens is 1. The van der Waals surface area contributed by atoms with Gasteiger partial charge in [0, 0.05) is 18.5 Å². The van der Waals surface area contributed by atoms with Crippen LogP contribution < -0.4 is 10.6 Å². The third-order valence-electron chi connectivity index (χ3n) is 4.26. The fourth-order valence-electron chi connectivity index (χ4n) is 2.82. The van der Waals surface area contributed by atoms with E-state index in [9.17, 15) is 14.4 Å². The number of halogens is 2. The molecule has 0 saturated heterocycles. The Bertz CT molecular complexity index is 620.